The van der Waals surface area contributed by atoms with Crippen LogP contribution in [-0.2, 0) is 6.42 Å². The minimum absolute atomic E-state index is 0.390. The molecule has 0 saturated carbocycles. The highest BCUT2D eigenvalue weighted by Crippen LogP contribution is 2.35. The molecular formula is C15H22BrCl. The topological polar surface area (TPSA) is 0 Å². The molecule has 0 amide bonds. The lowest BCUT2D eigenvalue weighted by Crippen LogP contribution is -2.24. The van der Waals surface area contributed by atoms with E-state index < -0.39 is 0 Å². The van der Waals surface area contributed by atoms with Crippen LogP contribution in [0.1, 0.15) is 45.1 Å². The number of halogens is 2. The fourth-order valence-corrected chi connectivity index (χ4v) is 3.32. The SMILES string of the molecule is CCCCC(CC)(CBr)Cc1cccc(Cl)c1. The van der Waals surface area contributed by atoms with Crippen molar-refractivity contribution in [3.8, 4) is 0 Å². The molecule has 0 radical (unpaired) electrons. The molecule has 0 heterocycles. The molecule has 2 heteroatoms. The number of hydrogen-bond donors (Lipinski definition) is 0. The molecule has 1 rings (SSSR count). The van der Waals surface area contributed by atoms with Crippen LogP contribution in [-0.4, -0.2) is 5.33 Å². The van der Waals surface area contributed by atoms with Gasteiger partial charge in [-0.25, -0.2) is 0 Å². The first kappa shape index (κ1) is 15.0. The Kier molecular flexibility index (Phi) is 6.58. The van der Waals surface area contributed by atoms with E-state index in [0.29, 0.717) is 5.41 Å². The number of unbranched alkanes of at least 4 members (excludes halogenated alkanes) is 1. The van der Waals surface area contributed by atoms with Gasteiger partial charge in [0.1, 0.15) is 0 Å². The summed E-state index contributed by atoms with van der Waals surface area (Å²) < 4.78 is 0. The summed E-state index contributed by atoms with van der Waals surface area (Å²) in [5.41, 5.74) is 1.75. The van der Waals surface area contributed by atoms with Gasteiger partial charge in [-0.05, 0) is 42.4 Å². The molecule has 0 nitrogen and oxygen atoms in total. The Labute approximate surface area is 119 Å². The molecule has 0 N–H and O–H groups in total. The molecule has 0 aromatic heterocycles. The molecule has 96 valence electrons. The predicted octanol–water partition coefficient (Wildman–Crippen LogP) is 5.86. The predicted molar refractivity (Wildman–Crippen MR) is 81.2 cm³/mol. The molecule has 1 aromatic rings. The first-order chi connectivity index (χ1) is 8.15. The van der Waals surface area contributed by atoms with Crippen molar-refractivity contribution in [1.82, 2.24) is 0 Å². The van der Waals surface area contributed by atoms with Crippen LogP contribution in [0.3, 0.4) is 0 Å². The van der Waals surface area contributed by atoms with Crippen molar-refractivity contribution >= 4 is 27.5 Å². The molecule has 0 bridgehead atoms. The van der Waals surface area contributed by atoms with E-state index in [1.807, 2.05) is 12.1 Å². The summed E-state index contributed by atoms with van der Waals surface area (Å²) >= 11 is 9.76. The van der Waals surface area contributed by atoms with E-state index in [0.717, 1.165) is 16.8 Å². The fraction of sp³-hybridized carbons (Fsp3) is 0.600. The molecule has 0 spiro atoms. The zero-order valence-electron chi connectivity index (χ0n) is 10.8. The van der Waals surface area contributed by atoms with E-state index in [-0.39, 0.29) is 0 Å². The zero-order chi connectivity index (χ0) is 12.7. The van der Waals surface area contributed by atoms with Crippen molar-refractivity contribution in [2.45, 2.75) is 46.0 Å². The van der Waals surface area contributed by atoms with Crippen LogP contribution < -0.4 is 0 Å². The summed E-state index contributed by atoms with van der Waals surface area (Å²) in [6.07, 6.45) is 6.20. The van der Waals surface area contributed by atoms with Gasteiger partial charge in [0.25, 0.3) is 0 Å². The van der Waals surface area contributed by atoms with Crippen molar-refractivity contribution in [2.24, 2.45) is 5.41 Å². The van der Waals surface area contributed by atoms with Gasteiger partial charge in [-0.2, -0.15) is 0 Å². The lowest BCUT2D eigenvalue weighted by Gasteiger charge is -2.31. The number of rotatable bonds is 7. The molecule has 0 fully saturated rings. The quantitative estimate of drug-likeness (QED) is 0.552. The van der Waals surface area contributed by atoms with Crippen LogP contribution in [0, 0.1) is 5.41 Å². The van der Waals surface area contributed by atoms with Crippen LogP contribution in [0.5, 0.6) is 0 Å². The lowest BCUT2D eigenvalue weighted by molar-refractivity contribution is 0.284. The summed E-state index contributed by atoms with van der Waals surface area (Å²) in [5.74, 6) is 0. The van der Waals surface area contributed by atoms with Crippen LogP contribution in [0.2, 0.25) is 5.02 Å². The van der Waals surface area contributed by atoms with Gasteiger partial charge in [0.15, 0.2) is 0 Å². The molecule has 0 aliphatic carbocycles. The van der Waals surface area contributed by atoms with Crippen LogP contribution >= 0.6 is 27.5 Å². The Morgan fingerprint density at radius 1 is 1.29 bits per heavy atom. The van der Waals surface area contributed by atoms with Crippen LogP contribution in [0.25, 0.3) is 0 Å². The first-order valence-electron chi connectivity index (χ1n) is 6.46. The molecule has 17 heavy (non-hydrogen) atoms. The Morgan fingerprint density at radius 3 is 2.59 bits per heavy atom. The number of alkyl halides is 1. The maximum atomic E-state index is 6.05. The third-order valence-corrected chi connectivity index (χ3v) is 4.99. The Hall–Kier alpha value is -0.0100. The third-order valence-electron chi connectivity index (χ3n) is 3.56. The number of hydrogen-bond acceptors (Lipinski definition) is 0. The highest BCUT2D eigenvalue weighted by Gasteiger charge is 2.26. The highest BCUT2D eigenvalue weighted by molar-refractivity contribution is 9.09. The molecule has 0 aliphatic heterocycles. The van der Waals surface area contributed by atoms with Crippen molar-refractivity contribution in [1.29, 1.82) is 0 Å². The molecule has 1 aromatic carbocycles. The second kappa shape index (κ2) is 7.43. The van der Waals surface area contributed by atoms with Gasteiger partial charge in [0.05, 0.1) is 0 Å². The van der Waals surface area contributed by atoms with E-state index >= 15 is 0 Å². The number of benzene rings is 1. The van der Waals surface area contributed by atoms with Crippen molar-refractivity contribution < 1.29 is 0 Å². The zero-order valence-corrected chi connectivity index (χ0v) is 13.1. The summed E-state index contributed by atoms with van der Waals surface area (Å²) in [6.45, 7) is 4.55. The van der Waals surface area contributed by atoms with Gasteiger partial charge in [-0.15, -0.1) is 0 Å². The minimum Gasteiger partial charge on any atom is -0.0922 e. The van der Waals surface area contributed by atoms with Gasteiger partial charge in [0, 0.05) is 10.4 Å². The van der Waals surface area contributed by atoms with E-state index in [1.54, 1.807) is 0 Å². The van der Waals surface area contributed by atoms with E-state index in [2.05, 4.69) is 41.9 Å². The average Bonchev–Trinajstić information content (AvgIpc) is 2.35. The van der Waals surface area contributed by atoms with Crippen LogP contribution in [0.4, 0.5) is 0 Å². The molecule has 0 saturated heterocycles. The van der Waals surface area contributed by atoms with Crippen molar-refractivity contribution in [3.05, 3.63) is 34.9 Å². The second-order valence-corrected chi connectivity index (χ2v) is 5.89. The van der Waals surface area contributed by atoms with Crippen molar-refractivity contribution in [2.75, 3.05) is 5.33 Å². The van der Waals surface area contributed by atoms with E-state index in [4.69, 9.17) is 11.6 Å². The maximum Gasteiger partial charge on any atom is 0.0408 e. The lowest BCUT2D eigenvalue weighted by atomic mass is 9.77. The molecule has 1 atom stereocenters. The first-order valence-corrected chi connectivity index (χ1v) is 7.96. The summed E-state index contributed by atoms with van der Waals surface area (Å²) in [7, 11) is 0. The smallest absolute Gasteiger partial charge is 0.0408 e. The normalized spacial score (nSPS) is 14.6. The molecular weight excluding hydrogens is 296 g/mol. The standard InChI is InChI=1S/C15H22BrCl/c1-3-5-9-15(4-2,12-16)11-13-7-6-8-14(17)10-13/h6-8,10H,3-5,9,11-12H2,1-2H3. The second-order valence-electron chi connectivity index (χ2n) is 4.90. The van der Waals surface area contributed by atoms with Crippen molar-refractivity contribution in [3.63, 3.8) is 0 Å². The maximum absolute atomic E-state index is 6.05. The van der Waals surface area contributed by atoms with Gasteiger partial charge in [-0.1, -0.05) is 66.4 Å². The average molecular weight is 318 g/mol. The van der Waals surface area contributed by atoms with Gasteiger partial charge < -0.3 is 0 Å². The summed E-state index contributed by atoms with van der Waals surface area (Å²) in [6, 6.07) is 8.27. The van der Waals surface area contributed by atoms with Gasteiger partial charge in [-0.3, -0.25) is 0 Å². The van der Waals surface area contributed by atoms with E-state index in [9.17, 15) is 0 Å². The third kappa shape index (κ3) is 4.63. The highest BCUT2D eigenvalue weighted by atomic mass is 79.9. The van der Waals surface area contributed by atoms with Gasteiger partial charge in [0.2, 0.25) is 0 Å². The summed E-state index contributed by atoms with van der Waals surface area (Å²) in [5, 5.41) is 1.92. The van der Waals surface area contributed by atoms with Crippen LogP contribution in [0.15, 0.2) is 24.3 Å². The van der Waals surface area contributed by atoms with Gasteiger partial charge >= 0.3 is 0 Å². The fourth-order valence-electron chi connectivity index (χ4n) is 2.23. The monoisotopic (exact) mass is 316 g/mol. The molecule has 1 unspecified atom stereocenters. The molecule has 0 aliphatic rings. The minimum atomic E-state index is 0.390. The van der Waals surface area contributed by atoms with E-state index in [1.165, 1.54) is 31.2 Å². The summed E-state index contributed by atoms with van der Waals surface area (Å²) in [4.78, 5) is 0. The Bertz CT molecular complexity index is 331. The largest absolute Gasteiger partial charge is 0.0922 e. The Balaban J connectivity index is 2.78. The Morgan fingerprint density at radius 2 is 2.06 bits per heavy atom.